The summed E-state index contributed by atoms with van der Waals surface area (Å²) in [7, 11) is 0. The Balaban J connectivity index is 0. The van der Waals surface area contributed by atoms with Gasteiger partial charge in [0, 0.05) is 12.2 Å². The standard InChI is InChI=1S/C6H6F4O2.C5H5F3O2/c1-2-4(11)12-3-6(9,10)5(7)8;1-2-4(9)10-3-5(6,7)8/h2,5H,1,3H2;2H,1,3H2. The van der Waals surface area contributed by atoms with E-state index in [0.29, 0.717) is 12.2 Å². The van der Waals surface area contributed by atoms with Crippen molar-refractivity contribution in [1.82, 2.24) is 0 Å². The van der Waals surface area contributed by atoms with Crippen LogP contribution in [-0.2, 0) is 19.1 Å². The predicted molar refractivity (Wildman–Crippen MR) is 59.3 cm³/mol. The number of ether oxygens (including phenoxy) is 2. The highest BCUT2D eigenvalue weighted by molar-refractivity contribution is 5.81. The van der Waals surface area contributed by atoms with Crippen molar-refractivity contribution in [3.05, 3.63) is 25.3 Å². The Morgan fingerprint density at radius 1 is 0.909 bits per heavy atom. The van der Waals surface area contributed by atoms with Crippen molar-refractivity contribution in [1.29, 1.82) is 0 Å². The van der Waals surface area contributed by atoms with Crippen LogP contribution in [-0.4, -0.2) is 43.7 Å². The third-order valence-corrected chi connectivity index (χ3v) is 1.44. The Morgan fingerprint density at radius 2 is 1.27 bits per heavy atom. The number of esters is 2. The fourth-order valence-electron chi connectivity index (χ4n) is 0.501. The summed E-state index contributed by atoms with van der Waals surface area (Å²) < 4.78 is 87.9. The van der Waals surface area contributed by atoms with Gasteiger partial charge in [0.15, 0.2) is 13.2 Å². The van der Waals surface area contributed by atoms with Gasteiger partial charge < -0.3 is 9.47 Å². The minimum absolute atomic E-state index is 0.613. The highest BCUT2D eigenvalue weighted by Gasteiger charge is 2.42. The van der Waals surface area contributed by atoms with Gasteiger partial charge in [-0.3, -0.25) is 0 Å². The van der Waals surface area contributed by atoms with Gasteiger partial charge in [0.2, 0.25) is 0 Å². The van der Waals surface area contributed by atoms with Crippen LogP contribution in [0.3, 0.4) is 0 Å². The SMILES string of the molecule is C=CC(=O)OCC(F)(F)C(F)F.C=CC(=O)OCC(F)(F)F. The Hall–Kier alpha value is -2.07. The van der Waals surface area contributed by atoms with Crippen LogP contribution < -0.4 is 0 Å². The maximum atomic E-state index is 12.0. The van der Waals surface area contributed by atoms with Gasteiger partial charge in [-0.2, -0.15) is 22.0 Å². The molecule has 0 saturated heterocycles. The molecule has 0 aliphatic rings. The zero-order valence-electron chi connectivity index (χ0n) is 10.8. The second-order valence-electron chi connectivity index (χ2n) is 3.30. The number of carbonyl (C=O) groups is 2. The first-order chi connectivity index (χ1) is 9.85. The van der Waals surface area contributed by atoms with Crippen LogP contribution in [0.2, 0.25) is 0 Å². The molecule has 22 heavy (non-hydrogen) atoms. The van der Waals surface area contributed by atoms with E-state index < -0.39 is 43.7 Å². The van der Waals surface area contributed by atoms with Crippen LogP contribution in [0, 0.1) is 0 Å². The molecule has 0 bridgehead atoms. The average molecular weight is 340 g/mol. The summed E-state index contributed by atoms with van der Waals surface area (Å²) in [6, 6.07) is 0. The predicted octanol–water partition coefficient (Wildman–Crippen LogP) is 2.89. The van der Waals surface area contributed by atoms with E-state index in [-0.39, 0.29) is 0 Å². The monoisotopic (exact) mass is 340 g/mol. The lowest BCUT2D eigenvalue weighted by Crippen LogP contribution is -2.33. The average Bonchev–Trinajstić information content (AvgIpc) is 2.41. The van der Waals surface area contributed by atoms with Crippen molar-refractivity contribution in [2.24, 2.45) is 0 Å². The van der Waals surface area contributed by atoms with E-state index in [2.05, 4.69) is 22.6 Å². The van der Waals surface area contributed by atoms with Crippen molar-refractivity contribution in [3.8, 4) is 0 Å². The normalized spacial score (nSPS) is 11.1. The first-order valence-corrected chi connectivity index (χ1v) is 5.16. The number of carbonyl (C=O) groups excluding carboxylic acids is 2. The van der Waals surface area contributed by atoms with Crippen LogP contribution >= 0.6 is 0 Å². The van der Waals surface area contributed by atoms with E-state index in [9.17, 15) is 40.3 Å². The molecule has 0 radical (unpaired) electrons. The summed E-state index contributed by atoms with van der Waals surface area (Å²) in [5.41, 5.74) is 0. The third kappa shape index (κ3) is 12.9. The van der Waals surface area contributed by atoms with Crippen molar-refractivity contribution < 1.29 is 49.8 Å². The first kappa shape index (κ1) is 22.2. The number of alkyl halides is 7. The molecule has 0 fully saturated rings. The van der Waals surface area contributed by atoms with Crippen molar-refractivity contribution in [3.63, 3.8) is 0 Å². The molecule has 0 aliphatic heterocycles. The Morgan fingerprint density at radius 3 is 1.55 bits per heavy atom. The molecule has 0 unspecified atom stereocenters. The van der Waals surface area contributed by atoms with E-state index in [1.165, 1.54) is 0 Å². The molecule has 0 atom stereocenters. The molecule has 4 nitrogen and oxygen atoms in total. The van der Waals surface area contributed by atoms with Crippen LogP contribution in [0.15, 0.2) is 25.3 Å². The number of hydrogen-bond acceptors (Lipinski definition) is 4. The van der Waals surface area contributed by atoms with Gasteiger partial charge in [0.25, 0.3) is 0 Å². The number of hydrogen-bond donors (Lipinski definition) is 0. The molecule has 0 saturated carbocycles. The minimum atomic E-state index is -4.46. The zero-order valence-corrected chi connectivity index (χ0v) is 10.8. The molecule has 0 heterocycles. The third-order valence-electron chi connectivity index (χ3n) is 1.44. The van der Waals surface area contributed by atoms with Crippen LogP contribution in [0.1, 0.15) is 0 Å². The van der Waals surface area contributed by atoms with Gasteiger partial charge in [-0.1, -0.05) is 13.2 Å². The molecule has 11 heteroatoms. The summed E-state index contributed by atoms with van der Waals surface area (Å²) >= 11 is 0. The smallest absolute Gasteiger partial charge is 0.422 e. The largest absolute Gasteiger partial charge is 0.456 e. The molecule has 0 aromatic carbocycles. The fourth-order valence-corrected chi connectivity index (χ4v) is 0.501. The van der Waals surface area contributed by atoms with Crippen molar-refractivity contribution in [2.45, 2.75) is 18.5 Å². The van der Waals surface area contributed by atoms with E-state index >= 15 is 0 Å². The lowest BCUT2D eigenvalue weighted by molar-refractivity contribution is -0.182. The molecule has 0 spiro atoms. The van der Waals surface area contributed by atoms with Gasteiger partial charge in [-0.15, -0.1) is 0 Å². The Labute approximate surface area is 120 Å². The summed E-state index contributed by atoms with van der Waals surface area (Å²) in [5, 5.41) is 0. The maximum absolute atomic E-state index is 12.0. The molecule has 0 rings (SSSR count). The maximum Gasteiger partial charge on any atom is 0.422 e. The molecule has 0 aromatic heterocycles. The highest BCUT2D eigenvalue weighted by Crippen LogP contribution is 2.22. The number of rotatable bonds is 6. The topological polar surface area (TPSA) is 52.6 Å². The Kier molecular flexibility index (Phi) is 9.89. The summed E-state index contributed by atoms with van der Waals surface area (Å²) in [5.74, 6) is -6.52. The fraction of sp³-hybridized carbons (Fsp3) is 0.455. The number of halogens is 7. The summed E-state index contributed by atoms with van der Waals surface area (Å²) in [6.07, 6.45) is -7.01. The molecule has 0 N–H and O–H groups in total. The van der Waals surface area contributed by atoms with Gasteiger partial charge in [0.1, 0.15) is 0 Å². The van der Waals surface area contributed by atoms with E-state index in [1.54, 1.807) is 0 Å². The van der Waals surface area contributed by atoms with Gasteiger partial charge in [-0.05, 0) is 0 Å². The molecule has 0 aromatic rings. The van der Waals surface area contributed by atoms with E-state index in [0.717, 1.165) is 0 Å². The molecule has 128 valence electrons. The van der Waals surface area contributed by atoms with Gasteiger partial charge in [0.05, 0.1) is 0 Å². The van der Waals surface area contributed by atoms with Crippen LogP contribution in [0.25, 0.3) is 0 Å². The lowest BCUT2D eigenvalue weighted by atomic mass is 10.4. The molecule has 0 aliphatic carbocycles. The highest BCUT2D eigenvalue weighted by atomic mass is 19.4. The van der Waals surface area contributed by atoms with Crippen molar-refractivity contribution >= 4 is 11.9 Å². The van der Waals surface area contributed by atoms with Gasteiger partial charge >= 0.3 is 30.5 Å². The van der Waals surface area contributed by atoms with Crippen molar-refractivity contribution in [2.75, 3.05) is 13.2 Å². The first-order valence-electron chi connectivity index (χ1n) is 5.16. The van der Waals surface area contributed by atoms with E-state index in [4.69, 9.17) is 0 Å². The second-order valence-corrected chi connectivity index (χ2v) is 3.30. The van der Waals surface area contributed by atoms with Crippen LogP contribution in [0.4, 0.5) is 30.7 Å². The minimum Gasteiger partial charge on any atom is -0.456 e. The Bertz CT molecular complexity index is 390. The molecule has 0 amide bonds. The molecular formula is C11H11F7O4. The molecular weight excluding hydrogens is 329 g/mol. The van der Waals surface area contributed by atoms with E-state index in [1.807, 2.05) is 0 Å². The quantitative estimate of drug-likeness (QED) is 0.424. The summed E-state index contributed by atoms with van der Waals surface area (Å²) in [4.78, 5) is 20.2. The van der Waals surface area contributed by atoms with Crippen LogP contribution in [0.5, 0.6) is 0 Å². The van der Waals surface area contributed by atoms with Gasteiger partial charge in [-0.25, -0.2) is 18.4 Å². The second kappa shape index (κ2) is 9.79. The summed E-state index contributed by atoms with van der Waals surface area (Å²) in [6.45, 7) is 2.63. The lowest BCUT2D eigenvalue weighted by Gasteiger charge is -2.13. The zero-order chi connectivity index (χ0) is 18.0.